The number of hydrogen-bond acceptors (Lipinski definition) is 4. The Kier molecular flexibility index (Phi) is 5.29. The normalized spacial score (nSPS) is 13.2. The number of aromatic amines is 1. The van der Waals surface area contributed by atoms with Crippen molar-refractivity contribution in [1.29, 1.82) is 0 Å². The third-order valence-corrected chi connectivity index (χ3v) is 6.19. The molecule has 6 nitrogen and oxygen atoms in total. The minimum absolute atomic E-state index is 0.228. The number of nitrogens with one attached hydrogen (secondary N) is 1. The number of halogens is 2. The Balaban J connectivity index is 1.81. The van der Waals surface area contributed by atoms with Crippen molar-refractivity contribution in [3.05, 3.63) is 117 Å². The molecule has 1 atom stereocenters. The molecule has 0 spiro atoms. The Bertz CT molecular complexity index is 1540. The van der Waals surface area contributed by atoms with Gasteiger partial charge in [0.1, 0.15) is 5.15 Å². The highest BCUT2D eigenvalue weighted by Crippen LogP contribution is 2.39. The van der Waals surface area contributed by atoms with E-state index in [9.17, 15) is 9.90 Å². The summed E-state index contributed by atoms with van der Waals surface area (Å²) in [6.45, 7) is 0. The zero-order chi connectivity index (χ0) is 23.2. The summed E-state index contributed by atoms with van der Waals surface area (Å²) in [6.07, 6.45) is 4.79. The molecule has 0 unspecified atom stereocenters. The predicted octanol–water partition coefficient (Wildman–Crippen LogP) is 4.91. The van der Waals surface area contributed by atoms with Gasteiger partial charge in [0.25, 0.3) is 0 Å². The molecule has 0 aliphatic carbocycles. The van der Waals surface area contributed by atoms with Gasteiger partial charge in [0.2, 0.25) is 5.56 Å². The molecule has 33 heavy (non-hydrogen) atoms. The smallest absolute Gasteiger partial charge is 0.249 e. The van der Waals surface area contributed by atoms with E-state index in [1.54, 1.807) is 59.7 Å². The van der Waals surface area contributed by atoms with E-state index in [-0.39, 0.29) is 5.56 Å². The van der Waals surface area contributed by atoms with Gasteiger partial charge in [-0.3, -0.25) is 4.79 Å². The summed E-state index contributed by atoms with van der Waals surface area (Å²) in [5.74, 6) is 0. The van der Waals surface area contributed by atoms with Crippen molar-refractivity contribution in [1.82, 2.24) is 19.5 Å². The van der Waals surface area contributed by atoms with Crippen LogP contribution >= 0.6 is 23.2 Å². The Hall–Kier alpha value is -3.45. The zero-order valence-electron chi connectivity index (χ0n) is 17.5. The maximum atomic E-state index is 12.4. The van der Waals surface area contributed by atoms with Crippen molar-refractivity contribution < 1.29 is 5.11 Å². The second kappa shape index (κ2) is 8.15. The van der Waals surface area contributed by atoms with E-state index in [1.165, 1.54) is 6.07 Å². The molecule has 2 aromatic carbocycles. The molecule has 2 N–H and O–H groups in total. The van der Waals surface area contributed by atoms with E-state index in [1.807, 2.05) is 25.2 Å². The van der Waals surface area contributed by atoms with E-state index >= 15 is 0 Å². The highest BCUT2D eigenvalue weighted by atomic mass is 35.5. The van der Waals surface area contributed by atoms with Gasteiger partial charge in [0, 0.05) is 40.8 Å². The minimum Gasteiger partial charge on any atom is -0.374 e. The highest BCUT2D eigenvalue weighted by Gasteiger charge is 2.37. The summed E-state index contributed by atoms with van der Waals surface area (Å²) in [4.78, 5) is 23.6. The Morgan fingerprint density at radius 1 is 1.00 bits per heavy atom. The van der Waals surface area contributed by atoms with E-state index < -0.39 is 5.60 Å². The predicted molar refractivity (Wildman–Crippen MR) is 130 cm³/mol. The second-order valence-corrected chi connectivity index (χ2v) is 8.61. The van der Waals surface area contributed by atoms with Crippen LogP contribution < -0.4 is 5.56 Å². The molecule has 0 aliphatic rings. The van der Waals surface area contributed by atoms with Crippen LogP contribution in [0.25, 0.3) is 22.0 Å². The van der Waals surface area contributed by atoms with Crippen molar-refractivity contribution in [3.63, 3.8) is 0 Å². The van der Waals surface area contributed by atoms with E-state index in [4.69, 9.17) is 23.2 Å². The number of benzene rings is 2. The summed E-state index contributed by atoms with van der Waals surface area (Å²) in [5.41, 5.74) is 2.02. The third-order valence-electron chi connectivity index (χ3n) is 5.73. The number of nitrogens with zero attached hydrogens (tertiary/aromatic N) is 3. The third kappa shape index (κ3) is 3.72. The lowest BCUT2D eigenvalue weighted by Crippen LogP contribution is -2.31. The molecule has 164 valence electrons. The van der Waals surface area contributed by atoms with Gasteiger partial charge in [-0.15, -0.1) is 0 Å². The molecule has 3 heterocycles. The second-order valence-electron chi connectivity index (χ2n) is 7.79. The summed E-state index contributed by atoms with van der Waals surface area (Å²) in [5, 5.41) is 13.8. The van der Waals surface area contributed by atoms with Crippen LogP contribution in [0.1, 0.15) is 16.8 Å². The Labute approximate surface area is 199 Å². The van der Waals surface area contributed by atoms with Crippen LogP contribution in [0.4, 0.5) is 0 Å². The number of aryl methyl sites for hydroxylation is 1. The fourth-order valence-corrected chi connectivity index (χ4v) is 4.43. The first-order valence-electron chi connectivity index (χ1n) is 10.1. The van der Waals surface area contributed by atoms with Crippen molar-refractivity contribution in [2.24, 2.45) is 7.05 Å². The lowest BCUT2D eigenvalue weighted by molar-refractivity contribution is 0.117. The van der Waals surface area contributed by atoms with Gasteiger partial charge < -0.3 is 14.7 Å². The lowest BCUT2D eigenvalue weighted by Gasteiger charge is -2.30. The number of H-pyrrole nitrogens is 1. The molecule has 0 amide bonds. The quantitative estimate of drug-likeness (QED) is 0.360. The van der Waals surface area contributed by atoms with E-state index in [2.05, 4.69) is 15.0 Å². The monoisotopic (exact) mass is 476 g/mol. The lowest BCUT2D eigenvalue weighted by atomic mass is 9.83. The molecule has 0 radical (unpaired) electrons. The summed E-state index contributed by atoms with van der Waals surface area (Å²) in [6, 6.07) is 17.6. The maximum absolute atomic E-state index is 12.4. The van der Waals surface area contributed by atoms with Crippen LogP contribution in [0.3, 0.4) is 0 Å². The van der Waals surface area contributed by atoms with Gasteiger partial charge in [-0.1, -0.05) is 47.5 Å². The molecular formula is C25H18Cl2N4O2. The number of fused-ring (bicyclic) bond motifs is 1. The van der Waals surface area contributed by atoms with Gasteiger partial charge in [-0.2, -0.15) is 0 Å². The topological polar surface area (TPSA) is 83.8 Å². The SMILES string of the molecule is Cn1cncc1[C@](O)(c1ccc(Cl)nc1)c1ccc2[nH]c(=O)cc(-c3cccc(Cl)c3)c2c1. The van der Waals surface area contributed by atoms with Gasteiger partial charge in [0.05, 0.1) is 18.2 Å². The largest absolute Gasteiger partial charge is 0.374 e. The van der Waals surface area contributed by atoms with Gasteiger partial charge in [0.15, 0.2) is 5.60 Å². The van der Waals surface area contributed by atoms with Crippen molar-refractivity contribution in [2.45, 2.75) is 5.60 Å². The number of aromatic nitrogens is 4. The fraction of sp³-hybridized carbons (Fsp3) is 0.0800. The van der Waals surface area contributed by atoms with E-state index in [0.717, 1.165) is 10.9 Å². The highest BCUT2D eigenvalue weighted by molar-refractivity contribution is 6.31. The number of rotatable bonds is 4. The van der Waals surface area contributed by atoms with Gasteiger partial charge >= 0.3 is 0 Å². The summed E-state index contributed by atoms with van der Waals surface area (Å²) >= 11 is 12.2. The number of aliphatic hydroxyl groups is 1. The zero-order valence-corrected chi connectivity index (χ0v) is 19.0. The number of imidazole rings is 1. The number of hydrogen-bond donors (Lipinski definition) is 2. The Morgan fingerprint density at radius 3 is 2.52 bits per heavy atom. The van der Waals surface area contributed by atoms with Gasteiger partial charge in [-0.25, -0.2) is 9.97 Å². The maximum Gasteiger partial charge on any atom is 0.249 e. The first kappa shape index (κ1) is 21.4. The van der Waals surface area contributed by atoms with Crippen molar-refractivity contribution in [3.8, 4) is 11.1 Å². The van der Waals surface area contributed by atoms with Crippen LogP contribution in [0.5, 0.6) is 0 Å². The number of pyridine rings is 2. The van der Waals surface area contributed by atoms with Crippen LogP contribution in [0.2, 0.25) is 10.2 Å². The molecule has 8 heteroatoms. The standard InChI is InChI=1S/C25H18Cl2N4O2/c1-31-14-28-13-22(31)25(33,17-6-8-23(27)29-12-17)16-5-7-21-20(10-16)19(11-24(32)30-21)15-3-2-4-18(26)9-15/h2-14,33H,1H3,(H,30,32)/t25-/m1/s1. The minimum atomic E-state index is -1.57. The van der Waals surface area contributed by atoms with Crippen LogP contribution in [0, 0.1) is 0 Å². The van der Waals surface area contributed by atoms with Crippen LogP contribution in [0.15, 0.2) is 84.2 Å². The molecule has 3 aromatic heterocycles. The van der Waals surface area contributed by atoms with Gasteiger partial charge in [-0.05, 0) is 47.0 Å². The summed E-state index contributed by atoms with van der Waals surface area (Å²) < 4.78 is 1.75. The molecule has 0 saturated carbocycles. The summed E-state index contributed by atoms with van der Waals surface area (Å²) in [7, 11) is 1.81. The van der Waals surface area contributed by atoms with Crippen molar-refractivity contribution in [2.75, 3.05) is 0 Å². The van der Waals surface area contributed by atoms with E-state index in [0.29, 0.717) is 38.1 Å². The Morgan fingerprint density at radius 2 is 1.82 bits per heavy atom. The molecule has 5 aromatic rings. The molecular weight excluding hydrogens is 459 g/mol. The molecule has 0 bridgehead atoms. The average Bonchev–Trinajstić information content (AvgIpc) is 3.24. The first-order valence-corrected chi connectivity index (χ1v) is 10.9. The average molecular weight is 477 g/mol. The molecule has 0 aliphatic heterocycles. The van der Waals surface area contributed by atoms with Crippen LogP contribution in [-0.4, -0.2) is 24.6 Å². The molecule has 0 fully saturated rings. The fourth-order valence-electron chi connectivity index (χ4n) is 4.13. The first-order chi connectivity index (χ1) is 15.9. The molecule has 0 saturated heterocycles. The molecule has 5 rings (SSSR count). The van der Waals surface area contributed by atoms with Crippen molar-refractivity contribution >= 4 is 34.1 Å². The van der Waals surface area contributed by atoms with Crippen LogP contribution in [-0.2, 0) is 12.6 Å².